The van der Waals surface area contributed by atoms with Crippen LogP contribution in [0.25, 0.3) is 0 Å². The number of fused-ring (bicyclic) bond motifs is 2. The summed E-state index contributed by atoms with van der Waals surface area (Å²) in [5.41, 5.74) is -1.74. The Hall–Kier alpha value is -2.67. The van der Waals surface area contributed by atoms with Crippen LogP contribution in [0.4, 0.5) is 18.9 Å². The molecule has 3 aliphatic rings. The van der Waals surface area contributed by atoms with E-state index in [0.29, 0.717) is 38.0 Å². The second-order valence-corrected chi connectivity index (χ2v) is 13.6. The number of sulfone groups is 1. The molecular weight excluding hydrogens is 585 g/mol. The zero-order valence-corrected chi connectivity index (χ0v) is 23.5. The second kappa shape index (κ2) is 11.5. The third-order valence-electron chi connectivity index (χ3n) is 8.57. The number of nitrogens with one attached hydrogen (secondary N) is 2. The van der Waals surface area contributed by atoms with E-state index in [2.05, 4.69) is 10.6 Å². The Morgan fingerprint density at radius 2 is 1.68 bits per heavy atom. The molecule has 41 heavy (non-hydrogen) atoms. The van der Waals surface area contributed by atoms with Crippen molar-refractivity contribution in [3.05, 3.63) is 58.4 Å². The number of amides is 2. The first-order valence-corrected chi connectivity index (χ1v) is 15.4. The number of benzene rings is 2. The average Bonchev–Trinajstić information content (AvgIpc) is 3.10. The Bertz CT molecular complexity index is 1430. The highest BCUT2D eigenvalue weighted by molar-refractivity contribution is 7.92. The van der Waals surface area contributed by atoms with E-state index in [1.165, 1.54) is 12.1 Å². The Morgan fingerprint density at radius 1 is 1.02 bits per heavy atom. The number of anilines is 1. The maximum absolute atomic E-state index is 13.7. The normalized spacial score (nSPS) is 27.8. The SMILES string of the molecule is O=C(Nc1cc(F)c(F)c(F)c1)c1ccc(Cl)c(S(=O)(=O)C2CC3CC[C@@H](C2)C3(O)CNC(=O)C2CCCCO2)c1. The van der Waals surface area contributed by atoms with Crippen molar-refractivity contribution < 1.29 is 41.0 Å². The summed E-state index contributed by atoms with van der Waals surface area (Å²) in [5.74, 6) is -6.57. The Labute approximate surface area is 240 Å². The fourth-order valence-corrected chi connectivity index (χ4v) is 8.72. The van der Waals surface area contributed by atoms with Gasteiger partial charge >= 0.3 is 0 Å². The standard InChI is InChI=1S/C28H30ClF3N2O6S/c29-20-7-4-15(26(35)34-18-12-21(30)25(32)22(31)13-18)9-24(20)41(38,39)19-10-16-5-6-17(11-19)28(16,37)14-33-27(36)23-3-1-2-8-40-23/h4,7,9,12-13,16-17,19,23,37H,1-3,5-6,8,10-11,14H2,(H,33,36)(H,34,35)/t16-,17?,19?,23?,28?/m0/s1. The Kier molecular flexibility index (Phi) is 8.39. The highest BCUT2D eigenvalue weighted by atomic mass is 35.5. The maximum Gasteiger partial charge on any atom is 0.255 e. The third-order valence-corrected chi connectivity index (χ3v) is 11.2. The number of halogens is 4. The average molecular weight is 615 g/mol. The van der Waals surface area contributed by atoms with Crippen molar-refractivity contribution in [2.24, 2.45) is 11.8 Å². The van der Waals surface area contributed by atoms with Crippen molar-refractivity contribution in [2.75, 3.05) is 18.5 Å². The minimum atomic E-state index is -4.07. The number of carbonyl (C=O) groups is 2. The first-order valence-electron chi connectivity index (χ1n) is 13.5. The van der Waals surface area contributed by atoms with Crippen LogP contribution in [0.2, 0.25) is 5.02 Å². The second-order valence-electron chi connectivity index (χ2n) is 11.0. The molecule has 3 fully saturated rings. The number of hydrogen-bond acceptors (Lipinski definition) is 6. The molecule has 0 radical (unpaired) electrons. The molecule has 0 aromatic heterocycles. The van der Waals surface area contributed by atoms with Crippen molar-refractivity contribution in [1.29, 1.82) is 0 Å². The molecular formula is C28H30ClF3N2O6S. The molecule has 3 N–H and O–H groups in total. The summed E-state index contributed by atoms with van der Waals surface area (Å²) in [6.07, 6.45) is 3.36. The van der Waals surface area contributed by atoms with E-state index in [9.17, 15) is 36.3 Å². The monoisotopic (exact) mass is 614 g/mol. The molecule has 4 unspecified atom stereocenters. The molecule has 8 nitrogen and oxygen atoms in total. The van der Waals surface area contributed by atoms with Gasteiger partial charge in [0.1, 0.15) is 6.10 Å². The largest absolute Gasteiger partial charge is 0.387 e. The van der Waals surface area contributed by atoms with E-state index in [1.807, 2.05) is 0 Å². The molecule has 2 aromatic carbocycles. The molecule has 13 heteroatoms. The number of carbonyl (C=O) groups excluding carboxylic acids is 2. The fourth-order valence-electron chi connectivity index (χ4n) is 6.32. The first kappa shape index (κ1) is 29.8. The van der Waals surface area contributed by atoms with Gasteiger partial charge in [0, 0.05) is 36.5 Å². The smallest absolute Gasteiger partial charge is 0.255 e. The summed E-state index contributed by atoms with van der Waals surface area (Å²) in [7, 11) is -4.07. The van der Waals surface area contributed by atoms with E-state index in [0.717, 1.165) is 18.9 Å². The van der Waals surface area contributed by atoms with E-state index in [1.54, 1.807) is 0 Å². The van der Waals surface area contributed by atoms with Crippen molar-refractivity contribution in [2.45, 2.75) is 66.8 Å². The molecule has 2 bridgehead atoms. The van der Waals surface area contributed by atoms with Crippen molar-refractivity contribution in [3.8, 4) is 0 Å². The minimum Gasteiger partial charge on any atom is -0.387 e. The van der Waals surface area contributed by atoms with Crippen LogP contribution in [-0.2, 0) is 19.4 Å². The van der Waals surface area contributed by atoms with E-state index < -0.39 is 50.2 Å². The summed E-state index contributed by atoms with van der Waals surface area (Å²) >= 11 is 6.27. The van der Waals surface area contributed by atoms with Gasteiger partial charge in [-0.3, -0.25) is 9.59 Å². The van der Waals surface area contributed by atoms with Crippen molar-refractivity contribution >= 4 is 38.9 Å². The molecule has 2 amide bonds. The molecule has 2 aliphatic carbocycles. The lowest BCUT2D eigenvalue weighted by Crippen LogP contribution is -2.56. The summed E-state index contributed by atoms with van der Waals surface area (Å²) in [4.78, 5) is 25.1. The topological polar surface area (TPSA) is 122 Å². The summed E-state index contributed by atoms with van der Waals surface area (Å²) in [6.45, 7) is 0.524. The number of hydrogen-bond donors (Lipinski definition) is 3. The van der Waals surface area contributed by atoms with Crippen LogP contribution in [0.15, 0.2) is 35.2 Å². The molecule has 222 valence electrons. The van der Waals surface area contributed by atoms with Crippen LogP contribution < -0.4 is 10.6 Å². The molecule has 2 aromatic rings. The number of ether oxygens (including phenoxy) is 1. The predicted molar refractivity (Wildman–Crippen MR) is 144 cm³/mol. The maximum atomic E-state index is 13.7. The quantitative estimate of drug-likeness (QED) is 0.398. The van der Waals surface area contributed by atoms with E-state index in [4.69, 9.17) is 16.3 Å². The zero-order valence-electron chi connectivity index (χ0n) is 22.0. The van der Waals surface area contributed by atoms with Crippen LogP contribution in [0.3, 0.4) is 0 Å². The van der Waals surface area contributed by atoms with Crippen molar-refractivity contribution in [1.82, 2.24) is 5.32 Å². The summed E-state index contributed by atoms with van der Waals surface area (Å²) < 4.78 is 73.4. The molecule has 1 heterocycles. The molecule has 2 saturated carbocycles. The lowest BCUT2D eigenvalue weighted by atomic mass is 9.74. The van der Waals surface area contributed by atoms with E-state index >= 15 is 0 Å². The summed E-state index contributed by atoms with van der Waals surface area (Å²) in [6, 6.07) is 4.80. The van der Waals surface area contributed by atoms with Gasteiger partial charge in [-0.15, -0.1) is 0 Å². The van der Waals surface area contributed by atoms with Crippen LogP contribution in [0.5, 0.6) is 0 Å². The highest BCUT2D eigenvalue weighted by Crippen LogP contribution is 2.52. The van der Waals surface area contributed by atoms with Gasteiger partial charge in [0.2, 0.25) is 5.91 Å². The van der Waals surface area contributed by atoms with Crippen LogP contribution in [-0.4, -0.2) is 55.4 Å². The molecule has 5 rings (SSSR count). The van der Waals surface area contributed by atoms with Gasteiger partial charge in [0.05, 0.1) is 20.8 Å². The van der Waals surface area contributed by atoms with Gasteiger partial charge in [-0.1, -0.05) is 11.6 Å². The summed E-state index contributed by atoms with van der Waals surface area (Å²) in [5, 5.41) is 15.6. The van der Waals surface area contributed by atoms with Gasteiger partial charge in [-0.25, -0.2) is 21.6 Å². The highest BCUT2D eigenvalue weighted by Gasteiger charge is 2.55. The molecule has 0 spiro atoms. The minimum absolute atomic E-state index is 0.00871. The van der Waals surface area contributed by atoms with Gasteiger partial charge in [-0.2, -0.15) is 0 Å². The van der Waals surface area contributed by atoms with Crippen molar-refractivity contribution in [3.63, 3.8) is 0 Å². The fraction of sp³-hybridized carbons (Fsp3) is 0.500. The van der Waals surface area contributed by atoms with Gasteiger partial charge < -0.3 is 20.5 Å². The van der Waals surface area contributed by atoms with Gasteiger partial charge in [0.15, 0.2) is 27.3 Å². The lowest BCUT2D eigenvalue weighted by Gasteiger charge is -2.42. The zero-order chi connectivity index (χ0) is 29.5. The number of aliphatic hydroxyl groups is 1. The Balaban J connectivity index is 1.30. The predicted octanol–water partition coefficient (Wildman–Crippen LogP) is 4.39. The van der Waals surface area contributed by atoms with Gasteiger partial charge in [0.25, 0.3) is 5.91 Å². The van der Waals surface area contributed by atoms with Crippen LogP contribution >= 0.6 is 11.6 Å². The van der Waals surface area contributed by atoms with Crippen LogP contribution in [0, 0.1) is 29.3 Å². The molecule has 1 aliphatic heterocycles. The third kappa shape index (κ3) is 5.84. The molecule has 1 saturated heterocycles. The Morgan fingerprint density at radius 3 is 2.29 bits per heavy atom. The number of rotatable bonds is 7. The lowest BCUT2D eigenvalue weighted by molar-refractivity contribution is -0.138. The first-order chi connectivity index (χ1) is 19.4. The van der Waals surface area contributed by atoms with Crippen LogP contribution in [0.1, 0.15) is 55.3 Å². The van der Waals surface area contributed by atoms with E-state index in [-0.39, 0.29) is 58.3 Å². The molecule has 5 atom stereocenters. The van der Waals surface area contributed by atoms with Gasteiger partial charge in [-0.05, 0) is 75.0 Å².